The molecule has 1 aromatic heterocycles. The topological polar surface area (TPSA) is 43.8 Å². The molecule has 0 radical (unpaired) electrons. The summed E-state index contributed by atoms with van der Waals surface area (Å²) in [6.45, 7) is 0. The van der Waals surface area contributed by atoms with E-state index in [1.165, 1.54) is 0 Å². The van der Waals surface area contributed by atoms with Crippen LogP contribution >= 0.6 is 23.2 Å². The Bertz CT molecular complexity index is 522. The van der Waals surface area contributed by atoms with E-state index in [-0.39, 0.29) is 6.04 Å². The maximum Gasteiger partial charge on any atom is 0.0551 e. The lowest BCUT2D eigenvalue weighted by Crippen LogP contribution is -2.17. The molecular weight excluding hydrogens is 257 g/mol. The van der Waals surface area contributed by atoms with E-state index < -0.39 is 0 Å². The van der Waals surface area contributed by atoms with Crippen molar-refractivity contribution in [3.8, 4) is 0 Å². The number of aromatic nitrogens is 2. The van der Waals surface area contributed by atoms with Crippen LogP contribution in [0.5, 0.6) is 0 Å². The van der Waals surface area contributed by atoms with Gasteiger partial charge in [-0.2, -0.15) is 5.10 Å². The van der Waals surface area contributed by atoms with E-state index in [0.29, 0.717) is 16.5 Å². The zero-order valence-corrected chi connectivity index (χ0v) is 10.9. The summed E-state index contributed by atoms with van der Waals surface area (Å²) in [5.41, 5.74) is 8.10. The molecule has 17 heavy (non-hydrogen) atoms. The zero-order chi connectivity index (χ0) is 12.4. The van der Waals surface area contributed by atoms with Crippen LogP contribution in [0.25, 0.3) is 0 Å². The van der Waals surface area contributed by atoms with Gasteiger partial charge >= 0.3 is 0 Å². The number of benzene rings is 1. The second-order valence-electron chi connectivity index (χ2n) is 3.93. The molecule has 90 valence electrons. The van der Waals surface area contributed by atoms with Crippen molar-refractivity contribution in [1.29, 1.82) is 0 Å². The predicted octanol–water partition coefficient (Wildman–Crippen LogP) is 2.97. The summed E-state index contributed by atoms with van der Waals surface area (Å²) < 4.78 is 1.77. The summed E-state index contributed by atoms with van der Waals surface area (Å²) >= 11 is 12.0. The van der Waals surface area contributed by atoms with E-state index >= 15 is 0 Å². The molecule has 2 N–H and O–H groups in total. The fraction of sp³-hybridized carbons (Fsp3) is 0.250. The smallest absolute Gasteiger partial charge is 0.0551 e. The quantitative estimate of drug-likeness (QED) is 0.931. The Balaban J connectivity index is 2.19. The van der Waals surface area contributed by atoms with Gasteiger partial charge in [-0.1, -0.05) is 29.3 Å². The second-order valence-corrected chi connectivity index (χ2v) is 4.77. The summed E-state index contributed by atoms with van der Waals surface area (Å²) in [5.74, 6) is 0. The van der Waals surface area contributed by atoms with Crippen molar-refractivity contribution < 1.29 is 0 Å². The van der Waals surface area contributed by atoms with Gasteiger partial charge in [-0.15, -0.1) is 0 Å². The van der Waals surface area contributed by atoms with Crippen LogP contribution in [0.2, 0.25) is 10.0 Å². The van der Waals surface area contributed by atoms with E-state index in [1.54, 1.807) is 16.9 Å². The molecule has 0 spiro atoms. The van der Waals surface area contributed by atoms with Crippen molar-refractivity contribution >= 4 is 23.2 Å². The van der Waals surface area contributed by atoms with Gasteiger partial charge in [0.1, 0.15) is 0 Å². The fourth-order valence-corrected chi connectivity index (χ4v) is 2.26. The second kappa shape index (κ2) is 5.08. The van der Waals surface area contributed by atoms with Crippen LogP contribution in [0, 0.1) is 0 Å². The van der Waals surface area contributed by atoms with E-state index in [1.807, 2.05) is 25.2 Å². The molecule has 0 bridgehead atoms. The van der Waals surface area contributed by atoms with Gasteiger partial charge in [0.05, 0.1) is 11.7 Å². The minimum absolute atomic E-state index is 0.124. The Labute approximate surface area is 110 Å². The summed E-state index contributed by atoms with van der Waals surface area (Å²) in [7, 11) is 1.87. The van der Waals surface area contributed by atoms with Crippen LogP contribution in [-0.2, 0) is 13.5 Å². The molecule has 1 unspecified atom stereocenters. The third kappa shape index (κ3) is 2.80. The number of rotatable bonds is 3. The van der Waals surface area contributed by atoms with Crippen LogP contribution in [0.15, 0.2) is 30.5 Å². The monoisotopic (exact) mass is 269 g/mol. The average Bonchev–Trinajstić information content (AvgIpc) is 2.68. The number of nitrogens with zero attached hydrogens (tertiary/aromatic N) is 2. The Morgan fingerprint density at radius 3 is 2.71 bits per heavy atom. The molecule has 0 aliphatic rings. The van der Waals surface area contributed by atoms with Crippen LogP contribution < -0.4 is 5.73 Å². The first-order chi connectivity index (χ1) is 8.08. The number of aryl methyl sites for hydroxylation is 1. The Kier molecular flexibility index (Phi) is 3.72. The van der Waals surface area contributed by atoms with Gasteiger partial charge in [0, 0.05) is 23.3 Å². The third-order valence-electron chi connectivity index (χ3n) is 2.69. The Morgan fingerprint density at radius 1 is 1.35 bits per heavy atom. The van der Waals surface area contributed by atoms with E-state index in [9.17, 15) is 0 Å². The highest BCUT2D eigenvalue weighted by atomic mass is 35.5. The molecule has 3 nitrogen and oxygen atoms in total. The van der Waals surface area contributed by atoms with Crippen LogP contribution in [0.1, 0.15) is 17.3 Å². The highest BCUT2D eigenvalue weighted by Crippen LogP contribution is 2.24. The minimum atomic E-state index is -0.124. The molecule has 2 aromatic rings. The molecule has 0 saturated carbocycles. The molecule has 0 saturated heterocycles. The van der Waals surface area contributed by atoms with Crippen molar-refractivity contribution in [3.63, 3.8) is 0 Å². The van der Waals surface area contributed by atoms with Gasteiger partial charge in [-0.3, -0.25) is 4.68 Å². The summed E-state index contributed by atoms with van der Waals surface area (Å²) in [5, 5.41) is 5.38. The molecule has 0 aliphatic carbocycles. The lowest BCUT2D eigenvalue weighted by Gasteiger charge is -2.13. The van der Waals surface area contributed by atoms with Crippen molar-refractivity contribution in [2.45, 2.75) is 12.5 Å². The minimum Gasteiger partial charge on any atom is -0.322 e. The number of halogens is 2. The molecular formula is C12H13Cl2N3. The van der Waals surface area contributed by atoms with Gasteiger partial charge in [0.25, 0.3) is 0 Å². The third-order valence-corrected chi connectivity index (χ3v) is 3.28. The highest BCUT2D eigenvalue weighted by Gasteiger charge is 2.12. The van der Waals surface area contributed by atoms with Gasteiger partial charge in [-0.05, 0) is 30.2 Å². The van der Waals surface area contributed by atoms with Gasteiger partial charge < -0.3 is 5.73 Å². The fourth-order valence-electron chi connectivity index (χ4n) is 1.78. The van der Waals surface area contributed by atoms with Crippen molar-refractivity contribution in [3.05, 3.63) is 51.8 Å². The van der Waals surface area contributed by atoms with Crippen LogP contribution in [-0.4, -0.2) is 9.78 Å². The first-order valence-corrected chi connectivity index (χ1v) is 6.01. The Hall–Kier alpha value is -1.03. The van der Waals surface area contributed by atoms with E-state index in [2.05, 4.69) is 5.10 Å². The molecule has 0 amide bonds. The average molecular weight is 270 g/mol. The van der Waals surface area contributed by atoms with Crippen molar-refractivity contribution in [1.82, 2.24) is 9.78 Å². The molecule has 1 aromatic carbocycles. The molecule has 1 heterocycles. The summed E-state index contributed by atoms with van der Waals surface area (Å²) in [4.78, 5) is 0. The van der Waals surface area contributed by atoms with Gasteiger partial charge in [0.15, 0.2) is 0 Å². The summed E-state index contributed by atoms with van der Waals surface area (Å²) in [6, 6.07) is 7.24. The standard InChI is InChI=1S/C12H13Cl2N3/c1-17-12(4-5-16-17)11(15)6-8-2-3-9(13)7-10(8)14/h2-5,7,11H,6,15H2,1H3. The number of hydrogen-bond donors (Lipinski definition) is 1. The normalized spacial score (nSPS) is 12.7. The lowest BCUT2D eigenvalue weighted by molar-refractivity contribution is 0.617. The maximum absolute atomic E-state index is 6.13. The number of nitrogens with two attached hydrogens (primary N) is 1. The molecule has 2 rings (SSSR count). The SMILES string of the molecule is Cn1nccc1C(N)Cc1ccc(Cl)cc1Cl. The Morgan fingerprint density at radius 2 is 2.12 bits per heavy atom. The first-order valence-electron chi connectivity index (χ1n) is 5.25. The van der Waals surface area contributed by atoms with Crippen molar-refractivity contribution in [2.75, 3.05) is 0 Å². The maximum atomic E-state index is 6.13. The molecule has 1 atom stereocenters. The van der Waals surface area contributed by atoms with E-state index in [0.717, 1.165) is 11.3 Å². The molecule has 5 heteroatoms. The molecule has 0 aliphatic heterocycles. The zero-order valence-electron chi connectivity index (χ0n) is 9.40. The predicted molar refractivity (Wildman–Crippen MR) is 70.3 cm³/mol. The highest BCUT2D eigenvalue weighted by molar-refractivity contribution is 6.35. The van der Waals surface area contributed by atoms with Gasteiger partial charge in [0.2, 0.25) is 0 Å². The van der Waals surface area contributed by atoms with Crippen LogP contribution in [0.4, 0.5) is 0 Å². The largest absolute Gasteiger partial charge is 0.322 e. The molecule has 0 fully saturated rings. The van der Waals surface area contributed by atoms with E-state index in [4.69, 9.17) is 28.9 Å². The first kappa shape index (κ1) is 12.4. The summed E-state index contributed by atoms with van der Waals surface area (Å²) in [6.07, 6.45) is 2.40. The lowest BCUT2D eigenvalue weighted by atomic mass is 10.0. The van der Waals surface area contributed by atoms with Crippen molar-refractivity contribution in [2.24, 2.45) is 12.8 Å². The van der Waals surface area contributed by atoms with Gasteiger partial charge in [-0.25, -0.2) is 0 Å². The van der Waals surface area contributed by atoms with Crippen LogP contribution in [0.3, 0.4) is 0 Å². The number of hydrogen-bond acceptors (Lipinski definition) is 2.